The molecule has 2 aromatic carbocycles. The van der Waals surface area contributed by atoms with Crippen LogP contribution in [0.25, 0.3) is 28.5 Å². The van der Waals surface area contributed by atoms with E-state index in [1.165, 1.54) is 42.7 Å². The van der Waals surface area contributed by atoms with Crippen molar-refractivity contribution in [3.8, 4) is 11.5 Å². The molecule has 5 aromatic rings. The summed E-state index contributed by atoms with van der Waals surface area (Å²) in [5.74, 6) is -0.564. The fourth-order valence-electron chi connectivity index (χ4n) is 3.09. The van der Waals surface area contributed by atoms with Crippen molar-refractivity contribution in [1.82, 2.24) is 30.6 Å². The maximum Gasteiger partial charge on any atom is 0.270 e. The van der Waals surface area contributed by atoms with Crippen LogP contribution in [0.4, 0.5) is 8.78 Å². The first kappa shape index (κ1) is 21.1. The van der Waals surface area contributed by atoms with E-state index in [0.717, 1.165) is 0 Å². The van der Waals surface area contributed by atoms with Crippen molar-refractivity contribution in [2.75, 3.05) is 0 Å². The zero-order valence-corrected chi connectivity index (χ0v) is 17.4. The number of oxazole rings is 1. The highest BCUT2D eigenvalue weighted by atomic mass is 19.1. The van der Waals surface area contributed by atoms with Gasteiger partial charge in [0.25, 0.3) is 5.71 Å². The Bertz CT molecular complexity index is 1500. The van der Waals surface area contributed by atoms with Gasteiger partial charge in [-0.15, -0.1) is 10.2 Å². The molecule has 0 aliphatic rings. The molecule has 0 radical (unpaired) electrons. The van der Waals surface area contributed by atoms with E-state index in [9.17, 15) is 8.78 Å². The number of hydrogen-bond acceptors (Lipinski definition) is 9. The number of rotatable bonds is 7. The molecule has 0 aliphatic heterocycles. The van der Waals surface area contributed by atoms with Crippen LogP contribution in [0.15, 0.2) is 75.9 Å². The van der Waals surface area contributed by atoms with Crippen LogP contribution in [0.1, 0.15) is 17.1 Å². The second-order valence-electron chi connectivity index (χ2n) is 7.09. The fraction of sp³-hybridized carbons (Fsp3) is 0.0435. The summed E-state index contributed by atoms with van der Waals surface area (Å²) in [6.45, 7) is 0.153. The van der Waals surface area contributed by atoms with Crippen LogP contribution >= 0.6 is 0 Å². The molecule has 0 aliphatic carbocycles. The molecule has 0 saturated carbocycles. The third-order valence-electron chi connectivity index (χ3n) is 4.80. The highest BCUT2D eigenvalue weighted by Gasteiger charge is 2.15. The lowest BCUT2D eigenvalue weighted by Crippen LogP contribution is -2.15. The van der Waals surface area contributed by atoms with Gasteiger partial charge in [0, 0.05) is 23.7 Å². The molecule has 11 heteroatoms. The Kier molecular flexibility index (Phi) is 5.56. The lowest BCUT2D eigenvalue weighted by molar-refractivity contribution is 0.417. The molecular formula is C23H15F2N7O2. The number of nitrogens with zero attached hydrogens (tertiary/aromatic N) is 5. The second-order valence-corrected chi connectivity index (χ2v) is 7.09. The average molecular weight is 459 g/mol. The standard InChI is InChI=1S/C23H15F2N7O2/c24-15-7-5-13(6-8-15)22-29-21-23(34-22)28-20(30-31-21)17(26)11-19(18-9-10-33-32-18)27-12-14-3-1-2-4-16(14)25/h1-11,26-27H,12H2/b19-11-,26-17?. The maximum atomic E-state index is 14.0. The molecule has 0 amide bonds. The zero-order chi connectivity index (χ0) is 23.5. The van der Waals surface area contributed by atoms with E-state index >= 15 is 0 Å². The summed E-state index contributed by atoms with van der Waals surface area (Å²) in [7, 11) is 0. The van der Waals surface area contributed by atoms with Gasteiger partial charge in [-0.2, -0.15) is 9.97 Å². The van der Waals surface area contributed by atoms with Gasteiger partial charge in [0.1, 0.15) is 29.3 Å². The molecule has 0 saturated heterocycles. The Balaban J connectivity index is 1.42. The lowest BCUT2D eigenvalue weighted by Gasteiger charge is -2.09. The smallest absolute Gasteiger partial charge is 0.270 e. The predicted molar refractivity (Wildman–Crippen MR) is 117 cm³/mol. The van der Waals surface area contributed by atoms with E-state index in [1.54, 1.807) is 24.3 Å². The van der Waals surface area contributed by atoms with Crippen molar-refractivity contribution >= 4 is 22.8 Å². The van der Waals surface area contributed by atoms with Crippen molar-refractivity contribution in [3.05, 3.63) is 95.7 Å². The molecule has 34 heavy (non-hydrogen) atoms. The molecule has 0 bridgehead atoms. The van der Waals surface area contributed by atoms with Gasteiger partial charge >= 0.3 is 0 Å². The summed E-state index contributed by atoms with van der Waals surface area (Å²) in [5, 5.41) is 23.3. The van der Waals surface area contributed by atoms with Gasteiger partial charge in [-0.05, 0) is 36.4 Å². The van der Waals surface area contributed by atoms with E-state index in [1.807, 2.05) is 0 Å². The van der Waals surface area contributed by atoms with Crippen molar-refractivity contribution in [2.24, 2.45) is 0 Å². The molecule has 0 spiro atoms. The Morgan fingerprint density at radius 3 is 2.59 bits per heavy atom. The number of halogens is 2. The average Bonchev–Trinajstić information content (AvgIpc) is 3.53. The van der Waals surface area contributed by atoms with Gasteiger partial charge < -0.3 is 14.3 Å². The Hall–Kier alpha value is -4.80. The molecular weight excluding hydrogens is 444 g/mol. The van der Waals surface area contributed by atoms with Crippen LogP contribution in [-0.2, 0) is 6.54 Å². The van der Waals surface area contributed by atoms with Gasteiger partial charge in [-0.25, -0.2) is 8.78 Å². The summed E-state index contributed by atoms with van der Waals surface area (Å²) < 4.78 is 37.7. The molecule has 0 unspecified atom stereocenters. The summed E-state index contributed by atoms with van der Waals surface area (Å²) in [4.78, 5) is 8.43. The summed E-state index contributed by atoms with van der Waals surface area (Å²) in [6, 6.07) is 13.6. The van der Waals surface area contributed by atoms with Crippen molar-refractivity contribution in [1.29, 1.82) is 5.41 Å². The minimum absolute atomic E-state index is 0.0250. The summed E-state index contributed by atoms with van der Waals surface area (Å²) in [6.07, 6.45) is 2.81. The third-order valence-corrected chi connectivity index (χ3v) is 4.80. The van der Waals surface area contributed by atoms with Crippen LogP contribution in [0, 0.1) is 17.0 Å². The van der Waals surface area contributed by atoms with Crippen molar-refractivity contribution in [2.45, 2.75) is 6.54 Å². The predicted octanol–water partition coefficient (Wildman–Crippen LogP) is 4.14. The first-order valence-corrected chi connectivity index (χ1v) is 10.0. The van der Waals surface area contributed by atoms with Crippen LogP contribution < -0.4 is 5.32 Å². The van der Waals surface area contributed by atoms with Gasteiger partial charge in [0.2, 0.25) is 17.4 Å². The number of hydrogen-bond donors (Lipinski definition) is 2. The highest BCUT2D eigenvalue weighted by molar-refractivity contribution is 6.07. The van der Waals surface area contributed by atoms with Gasteiger partial charge in [0.05, 0.1) is 5.70 Å². The zero-order valence-electron chi connectivity index (χ0n) is 17.4. The van der Waals surface area contributed by atoms with E-state index in [2.05, 4.69) is 30.6 Å². The normalized spacial score (nSPS) is 11.6. The fourth-order valence-corrected chi connectivity index (χ4v) is 3.09. The van der Waals surface area contributed by atoms with Crippen LogP contribution in [0.2, 0.25) is 0 Å². The molecule has 3 aromatic heterocycles. The number of allylic oxidation sites excluding steroid dienone is 1. The SMILES string of the molecule is N=C(/C=C(\NCc1ccccc1F)c1ccon1)c1nnc2nc(-c3ccc(F)cc3)oc2n1. The van der Waals surface area contributed by atoms with Crippen LogP contribution in [-0.4, -0.2) is 31.0 Å². The van der Waals surface area contributed by atoms with Gasteiger partial charge in [-0.1, -0.05) is 23.4 Å². The quantitative estimate of drug-likeness (QED) is 0.348. The molecule has 9 nitrogen and oxygen atoms in total. The van der Waals surface area contributed by atoms with Crippen molar-refractivity contribution in [3.63, 3.8) is 0 Å². The van der Waals surface area contributed by atoms with Crippen molar-refractivity contribution < 1.29 is 17.7 Å². The highest BCUT2D eigenvalue weighted by Crippen LogP contribution is 2.22. The van der Waals surface area contributed by atoms with Gasteiger partial charge in [0.15, 0.2) is 0 Å². The monoisotopic (exact) mass is 459 g/mol. The van der Waals surface area contributed by atoms with Crippen LogP contribution in [0.5, 0.6) is 0 Å². The van der Waals surface area contributed by atoms with E-state index in [-0.39, 0.29) is 47.0 Å². The summed E-state index contributed by atoms with van der Waals surface area (Å²) in [5.41, 5.74) is 1.91. The van der Waals surface area contributed by atoms with E-state index in [4.69, 9.17) is 14.3 Å². The minimum Gasteiger partial charge on any atom is -0.416 e. The van der Waals surface area contributed by atoms with Crippen LogP contribution in [0.3, 0.4) is 0 Å². The molecule has 2 N–H and O–H groups in total. The Morgan fingerprint density at radius 2 is 1.82 bits per heavy atom. The number of nitrogens with one attached hydrogen (secondary N) is 2. The maximum absolute atomic E-state index is 14.0. The third kappa shape index (κ3) is 4.39. The minimum atomic E-state index is -0.383. The lowest BCUT2D eigenvalue weighted by atomic mass is 10.2. The second kappa shape index (κ2) is 8.98. The first-order chi connectivity index (χ1) is 16.6. The van der Waals surface area contributed by atoms with E-state index < -0.39 is 0 Å². The number of fused-ring (bicyclic) bond motifs is 1. The molecule has 3 heterocycles. The number of benzene rings is 2. The molecule has 0 fully saturated rings. The van der Waals surface area contributed by atoms with Gasteiger partial charge in [-0.3, -0.25) is 5.41 Å². The van der Waals surface area contributed by atoms with E-state index in [0.29, 0.717) is 22.5 Å². The number of aromatic nitrogens is 5. The molecule has 168 valence electrons. The Labute approximate surface area is 190 Å². The molecule has 0 atom stereocenters. The summed E-state index contributed by atoms with van der Waals surface area (Å²) >= 11 is 0. The molecule has 5 rings (SSSR count). The first-order valence-electron chi connectivity index (χ1n) is 10.0. The Morgan fingerprint density at radius 1 is 1.00 bits per heavy atom. The largest absolute Gasteiger partial charge is 0.416 e. The topological polar surface area (TPSA) is 127 Å².